The highest BCUT2D eigenvalue weighted by Gasteiger charge is 2.36. The second-order valence-electron chi connectivity index (χ2n) is 5.10. The third-order valence-corrected chi connectivity index (χ3v) is 3.65. The Morgan fingerprint density at radius 2 is 2.32 bits per heavy atom. The minimum Gasteiger partial charge on any atom is -0.494 e. The predicted molar refractivity (Wildman–Crippen MR) is 73.2 cm³/mol. The first-order valence-electron chi connectivity index (χ1n) is 6.80. The van der Waals surface area contributed by atoms with Gasteiger partial charge in [0.25, 0.3) is 0 Å². The molecule has 1 aliphatic heterocycles. The van der Waals surface area contributed by atoms with Crippen LogP contribution in [0.4, 0.5) is 0 Å². The highest BCUT2D eigenvalue weighted by molar-refractivity contribution is 5.74. The average molecular weight is 263 g/mol. The Morgan fingerprint density at radius 1 is 1.53 bits per heavy atom. The van der Waals surface area contributed by atoms with E-state index in [1.165, 1.54) is 0 Å². The maximum Gasteiger partial charge on any atom is 0.321 e. The lowest BCUT2D eigenvalue weighted by Gasteiger charge is -2.23. The average Bonchev–Trinajstić information content (AvgIpc) is 2.71. The third-order valence-electron chi connectivity index (χ3n) is 3.65. The van der Waals surface area contributed by atoms with Gasteiger partial charge in [-0.05, 0) is 43.5 Å². The molecule has 1 aromatic rings. The van der Waals surface area contributed by atoms with E-state index in [2.05, 4.69) is 0 Å². The minimum absolute atomic E-state index is 0.215. The van der Waals surface area contributed by atoms with Gasteiger partial charge in [-0.25, -0.2) is 0 Å². The lowest BCUT2D eigenvalue weighted by atomic mass is 10.0. The molecule has 4 nitrogen and oxygen atoms in total. The summed E-state index contributed by atoms with van der Waals surface area (Å²) < 4.78 is 5.47. The Morgan fingerprint density at radius 3 is 3.00 bits per heavy atom. The van der Waals surface area contributed by atoms with Gasteiger partial charge in [-0.1, -0.05) is 19.1 Å². The zero-order chi connectivity index (χ0) is 13.8. The van der Waals surface area contributed by atoms with Gasteiger partial charge >= 0.3 is 5.97 Å². The molecule has 1 saturated heterocycles. The maximum atomic E-state index is 11.3. The van der Waals surface area contributed by atoms with Crippen LogP contribution in [0.3, 0.4) is 0 Å². The first-order chi connectivity index (χ1) is 9.11. The largest absolute Gasteiger partial charge is 0.494 e. The zero-order valence-electron chi connectivity index (χ0n) is 11.5. The number of hydrogen-bond acceptors (Lipinski definition) is 3. The highest BCUT2D eigenvalue weighted by atomic mass is 16.5. The lowest BCUT2D eigenvalue weighted by molar-refractivity contribution is -0.143. The Balaban J connectivity index is 2.08. The molecule has 0 amide bonds. The number of aliphatic carboxylic acids is 1. The molecule has 19 heavy (non-hydrogen) atoms. The van der Waals surface area contributed by atoms with Gasteiger partial charge in [0.1, 0.15) is 11.8 Å². The van der Waals surface area contributed by atoms with Crippen LogP contribution in [0.15, 0.2) is 24.3 Å². The third kappa shape index (κ3) is 3.26. The summed E-state index contributed by atoms with van der Waals surface area (Å²) in [6.45, 7) is 6.12. The van der Waals surface area contributed by atoms with Gasteiger partial charge in [-0.2, -0.15) is 0 Å². The van der Waals surface area contributed by atoms with Gasteiger partial charge < -0.3 is 9.84 Å². The second kappa shape index (κ2) is 6.06. The van der Waals surface area contributed by atoms with Crippen LogP contribution < -0.4 is 4.74 Å². The number of ether oxygens (including phenoxy) is 1. The predicted octanol–water partition coefficient (Wildman–Crippen LogP) is 2.38. The summed E-state index contributed by atoms with van der Waals surface area (Å²) >= 11 is 0. The molecule has 1 aliphatic rings. The summed E-state index contributed by atoms with van der Waals surface area (Å²) in [5.41, 5.74) is 1.10. The molecule has 1 heterocycles. The van der Waals surface area contributed by atoms with E-state index in [0.717, 1.165) is 24.3 Å². The van der Waals surface area contributed by atoms with Crippen LogP contribution in [-0.4, -0.2) is 35.2 Å². The Kier molecular flexibility index (Phi) is 4.43. The molecule has 2 rings (SSSR count). The van der Waals surface area contributed by atoms with E-state index < -0.39 is 5.97 Å². The summed E-state index contributed by atoms with van der Waals surface area (Å²) in [4.78, 5) is 13.4. The van der Waals surface area contributed by atoms with Crippen molar-refractivity contribution in [3.05, 3.63) is 29.8 Å². The van der Waals surface area contributed by atoms with Crippen molar-refractivity contribution in [3.8, 4) is 5.75 Å². The molecule has 1 aromatic carbocycles. The SMILES string of the molecule is CCOc1cccc(CN2CCC(C)C2C(=O)O)c1. The van der Waals surface area contributed by atoms with E-state index in [1.54, 1.807) is 0 Å². The van der Waals surface area contributed by atoms with Gasteiger partial charge in [0, 0.05) is 6.54 Å². The number of carbonyl (C=O) groups is 1. The van der Waals surface area contributed by atoms with Crippen molar-refractivity contribution in [1.82, 2.24) is 4.90 Å². The van der Waals surface area contributed by atoms with Gasteiger partial charge in [0.05, 0.1) is 6.61 Å². The van der Waals surface area contributed by atoms with E-state index in [9.17, 15) is 9.90 Å². The summed E-state index contributed by atoms with van der Waals surface area (Å²) in [7, 11) is 0. The van der Waals surface area contributed by atoms with Crippen molar-refractivity contribution >= 4 is 5.97 Å². The van der Waals surface area contributed by atoms with Crippen LogP contribution >= 0.6 is 0 Å². The molecule has 4 heteroatoms. The van der Waals surface area contributed by atoms with Crippen LogP contribution in [0.5, 0.6) is 5.75 Å². The van der Waals surface area contributed by atoms with Crippen LogP contribution in [0.2, 0.25) is 0 Å². The van der Waals surface area contributed by atoms with Gasteiger partial charge in [0.15, 0.2) is 0 Å². The Hall–Kier alpha value is -1.55. The number of benzene rings is 1. The van der Waals surface area contributed by atoms with Crippen molar-refractivity contribution in [3.63, 3.8) is 0 Å². The molecule has 0 aliphatic carbocycles. The highest BCUT2D eigenvalue weighted by Crippen LogP contribution is 2.26. The first kappa shape index (κ1) is 13.9. The molecule has 1 fully saturated rings. The fourth-order valence-electron chi connectivity index (χ4n) is 2.74. The van der Waals surface area contributed by atoms with Crippen molar-refractivity contribution in [2.75, 3.05) is 13.2 Å². The van der Waals surface area contributed by atoms with Gasteiger partial charge in [0.2, 0.25) is 0 Å². The molecule has 0 saturated carbocycles. The number of hydrogen-bond donors (Lipinski definition) is 1. The summed E-state index contributed by atoms with van der Waals surface area (Å²) in [6.07, 6.45) is 0.947. The normalized spacial score (nSPS) is 23.5. The molecular formula is C15H21NO3. The number of carboxylic acids is 1. The number of nitrogens with zero attached hydrogens (tertiary/aromatic N) is 1. The zero-order valence-corrected chi connectivity index (χ0v) is 11.5. The number of carboxylic acid groups (broad SMARTS) is 1. The van der Waals surface area contributed by atoms with Gasteiger partial charge in [-0.15, -0.1) is 0 Å². The lowest BCUT2D eigenvalue weighted by Crippen LogP contribution is -2.38. The van der Waals surface area contributed by atoms with Crippen LogP contribution in [0.25, 0.3) is 0 Å². The van der Waals surface area contributed by atoms with E-state index in [0.29, 0.717) is 13.2 Å². The summed E-state index contributed by atoms with van der Waals surface area (Å²) in [6, 6.07) is 7.52. The van der Waals surface area contributed by atoms with E-state index >= 15 is 0 Å². The Labute approximate surface area is 114 Å². The quantitative estimate of drug-likeness (QED) is 0.886. The number of likely N-dealkylation sites (tertiary alicyclic amines) is 1. The summed E-state index contributed by atoms with van der Waals surface area (Å²) in [5.74, 6) is 0.345. The monoisotopic (exact) mass is 263 g/mol. The molecular weight excluding hydrogens is 242 g/mol. The van der Waals surface area contributed by atoms with Crippen LogP contribution in [0.1, 0.15) is 25.8 Å². The molecule has 0 radical (unpaired) electrons. The number of rotatable bonds is 5. The van der Waals surface area contributed by atoms with E-state index in [1.807, 2.05) is 43.0 Å². The molecule has 2 atom stereocenters. The van der Waals surface area contributed by atoms with Crippen molar-refractivity contribution in [2.24, 2.45) is 5.92 Å². The second-order valence-corrected chi connectivity index (χ2v) is 5.10. The summed E-state index contributed by atoms with van der Waals surface area (Å²) in [5, 5.41) is 9.30. The van der Waals surface area contributed by atoms with Gasteiger partial charge in [-0.3, -0.25) is 9.69 Å². The molecule has 1 N–H and O–H groups in total. The first-order valence-corrected chi connectivity index (χ1v) is 6.80. The molecule has 0 bridgehead atoms. The molecule has 104 valence electrons. The smallest absolute Gasteiger partial charge is 0.321 e. The standard InChI is InChI=1S/C15H21NO3/c1-3-19-13-6-4-5-12(9-13)10-16-8-7-11(2)14(16)15(17)18/h4-6,9,11,14H,3,7-8,10H2,1-2H3,(H,17,18). The van der Waals surface area contributed by atoms with Crippen LogP contribution in [0, 0.1) is 5.92 Å². The van der Waals surface area contributed by atoms with Crippen molar-refractivity contribution < 1.29 is 14.6 Å². The van der Waals surface area contributed by atoms with Crippen LogP contribution in [-0.2, 0) is 11.3 Å². The van der Waals surface area contributed by atoms with E-state index in [4.69, 9.17) is 4.74 Å². The fraction of sp³-hybridized carbons (Fsp3) is 0.533. The topological polar surface area (TPSA) is 49.8 Å². The molecule has 2 unspecified atom stereocenters. The molecule has 0 aromatic heterocycles. The Bertz CT molecular complexity index is 447. The minimum atomic E-state index is -0.717. The van der Waals surface area contributed by atoms with Crippen molar-refractivity contribution in [2.45, 2.75) is 32.9 Å². The fourth-order valence-corrected chi connectivity index (χ4v) is 2.74. The molecule has 0 spiro atoms. The van der Waals surface area contributed by atoms with E-state index in [-0.39, 0.29) is 12.0 Å². The maximum absolute atomic E-state index is 11.3. The van der Waals surface area contributed by atoms with Crippen molar-refractivity contribution in [1.29, 1.82) is 0 Å².